The fourth-order valence-electron chi connectivity index (χ4n) is 9.85. The van der Waals surface area contributed by atoms with E-state index < -0.39 is 52.8 Å². The Morgan fingerprint density at radius 1 is 0.772 bits per heavy atom. The van der Waals surface area contributed by atoms with Crippen molar-refractivity contribution in [2.45, 2.75) is 30.8 Å². The van der Waals surface area contributed by atoms with Gasteiger partial charge in [-0.1, -0.05) is 115 Å². The molecule has 1 heterocycles. The van der Waals surface area contributed by atoms with Gasteiger partial charge < -0.3 is 14.9 Å². The highest BCUT2D eigenvalue weighted by atomic mass is 16.5. The molecule has 9 nitrogen and oxygen atoms in total. The number of carbonyl (C=O) groups is 5. The quantitative estimate of drug-likeness (QED) is 0.121. The van der Waals surface area contributed by atoms with Crippen molar-refractivity contribution in [1.29, 1.82) is 0 Å². The first-order valence-corrected chi connectivity index (χ1v) is 19.0. The van der Waals surface area contributed by atoms with E-state index >= 15 is 9.59 Å². The van der Waals surface area contributed by atoms with E-state index in [4.69, 9.17) is 4.74 Å². The number of phenolic OH excluding ortho intramolecular Hbond substituents is 1. The molecule has 2 amide bonds. The summed E-state index contributed by atoms with van der Waals surface area (Å²) in [6, 6.07) is 38.5. The Labute approximate surface area is 328 Å². The lowest BCUT2D eigenvalue weighted by Crippen LogP contribution is -2.58. The number of rotatable bonds is 8. The summed E-state index contributed by atoms with van der Waals surface area (Å²) in [5, 5.41) is 21.7. The molecule has 4 aliphatic rings. The lowest BCUT2D eigenvalue weighted by atomic mass is 9.44. The number of fused-ring (bicyclic) bond motifs is 4. The molecule has 1 saturated carbocycles. The van der Waals surface area contributed by atoms with E-state index in [1.54, 1.807) is 36.4 Å². The number of amides is 2. The minimum atomic E-state index is -1.52. The molecule has 9 heteroatoms. The SMILES string of the molecule is O=C(O)c1cccc(N2C(=O)[C@H]3[C@H](CC=C4[C@H]3C[C@H]3C(=O)C(c5ccccc5)=CC(=O)[C@@]3(c3ccccc3)[C@H]4c3ccc(OCc4ccccc4)cc3O)C2=O)c1. The third-order valence-corrected chi connectivity index (χ3v) is 12.3. The maximum absolute atomic E-state index is 15.3. The molecule has 0 unspecified atom stereocenters. The smallest absolute Gasteiger partial charge is 0.335 e. The first-order valence-electron chi connectivity index (χ1n) is 19.0. The van der Waals surface area contributed by atoms with Crippen molar-refractivity contribution >= 4 is 40.6 Å². The van der Waals surface area contributed by atoms with Crippen molar-refractivity contribution in [3.05, 3.63) is 179 Å². The number of anilines is 1. The summed E-state index contributed by atoms with van der Waals surface area (Å²) in [7, 11) is 0. The Morgan fingerprint density at radius 3 is 2.18 bits per heavy atom. The second kappa shape index (κ2) is 14.0. The molecule has 0 spiro atoms. The highest BCUT2D eigenvalue weighted by Crippen LogP contribution is 2.64. The maximum Gasteiger partial charge on any atom is 0.335 e. The van der Waals surface area contributed by atoms with Gasteiger partial charge in [0.1, 0.15) is 18.1 Å². The fraction of sp³-hybridized carbons (Fsp3) is 0.188. The number of phenols is 1. The van der Waals surface area contributed by atoms with Gasteiger partial charge in [0.15, 0.2) is 11.6 Å². The molecule has 0 aromatic heterocycles. The molecule has 2 N–H and O–H groups in total. The zero-order valence-corrected chi connectivity index (χ0v) is 30.7. The second-order valence-electron chi connectivity index (χ2n) is 15.1. The summed E-state index contributed by atoms with van der Waals surface area (Å²) >= 11 is 0. The molecule has 5 aromatic rings. The minimum absolute atomic E-state index is 0.0645. The number of benzene rings is 5. The van der Waals surface area contributed by atoms with Crippen LogP contribution in [-0.4, -0.2) is 39.6 Å². The van der Waals surface area contributed by atoms with Gasteiger partial charge >= 0.3 is 5.97 Å². The van der Waals surface area contributed by atoms with E-state index in [9.17, 15) is 24.6 Å². The van der Waals surface area contributed by atoms with Crippen LogP contribution in [0.2, 0.25) is 0 Å². The zero-order chi connectivity index (χ0) is 39.4. The standard InChI is InChI=1S/C48H37NO8/c50-40-24-33(57-27-28-11-4-1-5-12-28)19-20-35(40)43-34-21-22-36-42(46(54)49(45(36)53)32-18-10-15-30(23-32)47(55)56)38(34)25-39-44(52)37(29-13-6-2-7-14-29)26-41(51)48(39,43)31-16-8-3-9-17-31/h1-21,23-24,26,36,38-39,42-43,50H,22,25,27H2,(H,55,56)/t36-,38+,39-,42-,43+,48-/m0/s1. The number of ketones is 2. The van der Waals surface area contributed by atoms with Crippen LogP contribution in [-0.2, 0) is 31.2 Å². The molecule has 57 heavy (non-hydrogen) atoms. The van der Waals surface area contributed by atoms with Crippen LogP contribution in [0.15, 0.2) is 151 Å². The number of carbonyl (C=O) groups excluding carboxylic acids is 4. The van der Waals surface area contributed by atoms with Gasteiger partial charge in [0, 0.05) is 29.0 Å². The Bertz CT molecular complexity index is 2530. The minimum Gasteiger partial charge on any atom is -0.508 e. The molecule has 6 atom stereocenters. The number of carboxylic acids is 1. The van der Waals surface area contributed by atoms with E-state index in [1.807, 2.05) is 72.8 Å². The van der Waals surface area contributed by atoms with Gasteiger partial charge in [-0.25, -0.2) is 4.79 Å². The van der Waals surface area contributed by atoms with E-state index in [1.165, 1.54) is 36.4 Å². The van der Waals surface area contributed by atoms with Gasteiger partial charge in [-0.15, -0.1) is 0 Å². The van der Waals surface area contributed by atoms with Gasteiger partial charge in [-0.05, 0) is 65.8 Å². The van der Waals surface area contributed by atoms with Gasteiger partial charge in [0.2, 0.25) is 11.8 Å². The van der Waals surface area contributed by atoms with E-state index in [0.29, 0.717) is 28.0 Å². The Balaban J connectivity index is 1.22. The fourth-order valence-corrected chi connectivity index (χ4v) is 9.85. The topological polar surface area (TPSA) is 138 Å². The molecule has 2 fully saturated rings. The van der Waals surface area contributed by atoms with E-state index in [-0.39, 0.29) is 53.6 Å². The number of aromatic hydroxyl groups is 1. The highest BCUT2D eigenvalue weighted by molar-refractivity contribution is 6.32. The van der Waals surface area contributed by atoms with Gasteiger partial charge in [0.05, 0.1) is 28.5 Å². The summed E-state index contributed by atoms with van der Waals surface area (Å²) in [6.45, 7) is 0.261. The molecule has 1 aliphatic heterocycles. The number of ether oxygens (including phenoxy) is 1. The largest absolute Gasteiger partial charge is 0.508 e. The molecule has 0 radical (unpaired) electrons. The number of hydrogen-bond acceptors (Lipinski definition) is 7. The molecular formula is C48H37NO8. The number of allylic oxidation sites excluding steroid dienone is 4. The van der Waals surface area contributed by atoms with Crippen LogP contribution in [0.1, 0.15) is 51.4 Å². The van der Waals surface area contributed by atoms with Crippen molar-refractivity contribution in [3.8, 4) is 11.5 Å². The van der Waals surface area contributed by atoms with E-state index in [2.05, 4.69) is 0 Å². The van der Waals surface area contributed by atoms with Crippen LogP contribution in [0, 0.1) is 23.7 Å². The average molecular weight is 756 g/mol. The Morgan fingerprint density at radius 2 is 1.47 bits per heavy atom. The molecule has 1 saturated heterocycles. The Kier molecular flexibility index (Phi) is 8.80. The summed E-state index contributed by atoms with van der Waals surface area (Å²) in [5.74, 6) is -6.65. The van der Waals surface area contributed by atoms with Crippen molar-refractivity contribution in [2.75, 3.05) is 4.90 Å². The lowest BCUT2D eigenvalue weighted by Gasteiger charge is -2.55. The van der Waals surface area contributed by atoms with E-state index in [0.717, 1.165) is 10.5 Å². The number of imide groups is 1. The van der Waals surface area contributed by atoms with Crippen LogP contribution >= 0.6 is 0 Å². The van der Waals surface area contributed by atoms with Crippen LogP contribution in [0.5, 0.6) is 11.5 Å². The van der Waals surface area contributed by atoms with Crippen LogP contribution < -0.4 is 9.64 Å². The summed E-state index contributed by atoms with van der Waals surface area (Å²) < 4.78 is 6.07. The second-order valence-corrected chi connectivity index (χ2v) is 15.1. The number of nitrogens with zero attached hydrogens (tertiary/aromatic N) is 1. The van der Waals surface area contributed by atoms with Gasteiger partial charge in [-0.3, -0.25) is 24.1 Å². The number of Topliss-reactive ketones (excluding diaryl/α,β-unsaturated/α-hetero) is 1. The number of aromatic carboxylic acids is 1. The summed E-state index contributed by atoms with van der Waals surface area (Å²) in [5.41, 5.74) is 2.08. The molecule has 0 bridgehead atoms. The average Bonchev–Trinajstić information content (AvgIpc) is 3.50. The lowest BCUT2D eigenvalue weighted by molar-refractivity contribution is -0.135. The monoisotopic (exact) mass is 755 g/mol. The van der Waals surface area contributed by atoms with Crippen LogP contribution in [0.3, 0.4) is 0 Å². The van der Waals surface area contributed by atoms with Crippen LogP contribution in [0.25, 0.3) is 5.57 Å². The molecule has 9 rings (SSSR count). The van der Waals surface area contributed by atoms with Crippen molar-refractivity contribution in [3.63, 3.8) is 0 Å². The zero-order valence-electron chi connectivity index (χ0n) is 30.7. The number of carboxylic acid groups (broad SMARTS) is 1. The molecule has 3 aliphatic carbocycles. The normalized spacial score (nSPS) is 25.2. The third kappa shape index (κ3) is 5.72. The van der Waals surface area contributed by atoms with Crippen LogP contribution in [0.4, 0.5) is 5.69 Å². The predicted molar refractivity (Wildman–Crippen MR) is 211 cm³/mol. The third-order valence-electron chi connectivity index (χ3n) is 12.3. The summed E-state index contributed by atoms with van der Waals surface area (Å²) in [6.07, 6.45) is 3.63. The maximum atomic E-state index is 15.3. The Hall–Kier alpha value is -6.87. The van der Waals surface area contributed by atoms with Gasteiger partial charge in [-0.2, -0.15) is 0 Å². The molecular weight excluding hydrogens is 719 g/mol. The summed E-state index contributed by atoms with van der Waals surface area (Å²) in [4.78, 5) is 72.3. The van der Waals surface area contributed by atoms with Crippen molar-refractivity contribution in [2.24, 2.45) is 23.7 Å². The first-order chi connectivity index (χ1) is 27.7. The number of hydrogen-bond donors (Lipinski definition) is 2. The van der Waals surface area contributed by atoms with Crippen molar-refractivity contribution in [1.82, 2.24) is 0 Å². The predicted octanol–water partition coefficient (Wildman–Crippen LogP) is 7.70. The highest BCUT2D eigenvalue weighted by Gasteiger charge is 2.66. The molecule has 282 valence electrons. The first kappa shape index (κ1) is 35.8. The van der Waals surface area contributed by atoms with Crippen molar-refractivity contribution < 1.29 is 38.9 Å². The van der Waals surface area contributed by atoms with Gasteiger partial charge in [0.25, 0.3) is 0 Å². The molecule has 5 aromatic carbocycles.